The van der Waals surface area contributed by atoms with Gasteiger partial charge in [0.25, 0.3) is 0 Å². The molecule has 7 nitrogen and oxygen atoms in total. The van der Waals surface area contributed by atoms with E-state index in [-0.39, 0.29) is 18.9 Å². The molecule has 110 valence electrons. The third-order valence-electron chi connectivity index (χ3n) is 3.11. The normalized spacial score (nSPS) is 19.4. The van der Waals surface area contributed by atoms with Crippen molar-refractivity contribution in [3.05, 3.63) is 23.9 Å². The van der Waals surface area contributed by atoms with Gasteiger partial charge in [-0.05, 0) is 12.5 Å². The second kappa shape index (κ2) is 5.76. The zero-order chi connectivity index (χ0) is 14.8. The van der Waals surface area contributed by atoms with Crippen LogP contribution in [0.4, 0.5) is 0 Å². The van der Waals surface area contributed by atoms with E-state index in [9.17, 15) is 13.2 Å². The van der Waals surface area contributed by atoms with Crippen LogP contribution in [-0.4, -0.2) is 42.6 Å². The van der Waals surface area contributed by atoms with Crippen LogP contribution >= 0.6 is 0 Å². The summed E-state index contributed by atoms with van der Waals surface area (Å²) in [5.74, 6) is 0.310. The molecule has 0 saturated carbocycles. The van der Waals surface area contributed by atoms with Crippen molar-refractivity contribution in [1.29, 1.82) is 0 Å². The fourth-order valence-corrected chi connectivity index (χ4v) is 2.83. The van der Waals surface area contributed by atoms with E-state index < -0.39 is 15.3 Å². The Labute approximate surface area is 117 Å². The van der Waals surface area contributed by atoms with Crippen LogP contribution in [0.1, 0.15) is 18.9 Å². The molecule has 8 heteroatoms. The van der Waals surface area contributed by atoms with Gasteiger partial charge in [0.1, 0.15) is 5.25 Å². The number of carbonyl (C=O) groups excluding carboxylic acids is 1. The molecule has 1 amide bonds. The quantitative estimate of drug-likeness (QED) is 0.816. The van der Waals surface area contributed by atoms with Crippen molar-refractivity contribution < 1.29 is 17.9 Å². The third kappa shape index (κ3) is 3.45. The first kappa shape index (κ1) is 14.7. The van der Waals surface area contributed by atoms with Gasteiger partial charge in [-0.3, -0.25) is 4.79 Å². The number of ether oxygens (including phenoxy) is 1. The lowest BCUT2D eigenvalue weighted by Gasteiger charge is -2.16. The van der Waals surface area contributed by atoms with Gasteiger partial charge in [-0.15, -0.1) is 0 Å². The summed E-state index contributed by atoms with van der Waals surface area (Å²) >= 11 is 0. The lowest BCUT2D eigenvalue weighted by atomic mass is 10.2. The predicted octanol–water partition coefficient (Wildman–Crippen LogP) is -0.130. The summed E-state index contributed by atoms with van der Waals surface area (Å²) in [5.41, 5.74) is 0.817. The highest BCUT2D eigenvalue weighted by Gasteiger charge is 2.36. The number of nitrogens with two attached hydrogens (primary N) is 1. The van der Waals surface area contributed by atoms with Crippen LogP contribution < -0.4 is 9.88 Å². The minimum atomic E-state index is -3.67. The number of carbonyl (C=O) groups is 1. The predicted molar refractivity (Wildman–Crippen MR) is 72.3 cm³/mol. The molecule has 2 heterocycles. The molecule has 20 heavy (non-hydrogen) atoms. The van der Waals surface area contributed by atoms with Crippen LogP contribution in [0.25, 0.3) is 0 Å². The Kier molecular flexibility index (Phi) is 4.24. The van der Waals surface area contributed by atoms with Crippen molar-refractivity contribution in [2.45, 2.75) is 25.1 Å². The molecule has 1 unspecified atom stereocenters. The molecule has 1 aliphatic heterocycles. The number of nitrogens with zero attached hydrogens (tertiary/aromatic N) is 2. The van der Waals surface area contributed by atoms with Crippen LogP contribution in [0.5, 0.6) is 5.88 Å². The molecule has 1 saturated heterocycles. The highest BCUT2D eigenvalue weighted by Crippen LogP contribution is 2.19. The summed E-state index contributed by atoms with van der Waals surface area (Å²) in [6.07, 6.45) is 1.56. The van der Waals surface area contributed by atoms with Crippen LogP contribution in [-0.2, 0) is 21.4 Å². The maximum absolute atomic E-state index is 11.8. The fraction of sp³-hybridized carbons (Fsp3) is 0.500. The van der Waals surface area contributed by atoms with E-state index in [2.05, 4.69) is 4.98 Å². The molecular formula is C12H17N3O4S. The van der Waals surface area contributed by atoms with E-state index in [0.717, 1.165) is 5.56 Å². The molecule has 1 aliphatic rings. The van der Waals surface area contributed by atoms with Gasteiger partial charge < -0.3 is 9.64 Å². The van der Waals surface area contributed by atoms with Gasteiger partial charge in [-0.25, -0.2) is 18.5 Å². The maximum Gasteiger partial charge on any atom is 0.224 e. The van der Waals surface area contributed by atoms with E-state index in [0.29, 0.717) is 19.0 Å². The van der Waals surface area contributed by atoms with E-state index in [4.69, 9.17) is 9.88 Å². The van der Waals surface area contributed by atoms with Crippen LogP contribution in [0.15, 0.2) is 18.3 Å². The lowest BCUT2D eigenvalue weighted by Crippen LogP contribution is -2.31. The second-order valence-corrected chi connectivity index (χ2v) is 6.47. The van der Waals surface area contributed by atoms with Gasteiger partial charge in [-0.2, -0.15) is 0 Å². The Morgan fingerprint density at radius 1 is 1.50 bits per heavy atom. The summed E-state index contributed by atoms with van der Waals surface area (Å²) in [6.45, 7) is 2.86. The van der Waals surface area contributed by atoms with Crippen LogP contribution in [0.2, 0.25) is 0 Å². The minimum Gasteiger partial charge on any atom is -0.478 e. The van der Waals surface area contributed by atoms with Crippen LogP contribution in [0.3, 0.4) is 0 Å². The Morgan fingerprint density at radius 2 is 2.25 bits per heavy atom. The van der Waals surface area contributed by atoms with Gasteiger partial charge in [0.05, 0.1) is 6.61 Å². The Hall–Kier alpha value is -1.67. The number of sulfonamides is 1. The summed E-state index contributed by atoms with van der Waals surface area (Å²) in [5, 5.41) is 4.26. The number of pyridine rings is 1. The first-order valence-corrected chi connectivity index (χ1v) is 7.88. The number of aromatic nitrogens is 1. The van der Waals surface area contributed by atoms with Gasteiger partial charge in [-0.1, -0.05) is 6.07 Å². The van der Waals surface area contributed by atoms with Gasteiger partial charge in [0, 0.05) is 31.8 Å². The second-order valence-electron chi connectivity index (χ2n) is 4.63. The summed E-state index contributed by atoms with van der Waals surface area (Å²) < 4.78 is 27.8. The maximum atomic E-state index is 11.8. The molecule has 2 N–H and O–H groups in total. The Bertz CT molecular complexity index is 585. The summed E-state index contributed by atoms with van der Waals surface area (Å²) in [6, 6.07) is 3.52. The van der Waals surface area contributed by atoms with Crippen molar-refractivity contribution in [3.8, 4) is 5.88 Å². The number of amides is 1. The zero-order valence-corrected chi connectivity index (χ0v) is 12.0. The lowest BCUT2D eigenvalue weighted by molar-refractivity contribution is -0.128. The first-order chi connectivity index (χ1) is 9.40. The number of primary sulfonamides is 1. The van der Waals surface area contributed by atoms with E-state index in [1.54, 1.807) is 18.3 Å². The van der Waals surface area contributed by atoms with E-state index in [1.807, 2.05) is 6.92 Å². The number of hydrogen-bond acceptors (Lipinski definition) is 5. The highest BCUT2D eigenvalue weighted by atomic mass is 32.2. The number of likely N-dealkylation sites (tertiary alicyclic amines) is 1. The first-order valence-electron chi connectivity index (χ1n) is 6.27. The average Bonchev–Trinajstić information content (AvgIpc) is 2.74. The molecule has 1 fully saturated rings. The topological polar surface area (TPSA) is 103 Å². The molecule has 0 radical (unpaired) electrons. The zero-order valence-electron chi connectivity index (χ0n) is 11.2. The van der Waals surface area contributed by atoms with Crippen LogP contribution in [0, 0.1) is 0 Å². The minimum absolute atomic E-state index is 0.0523. The van der Waals surface area contributed by atoms with Crippen molar-refractivity contribution in [3.63, 3.8) is 0 Å². The van der Waals surface area contributed by atoms with Gasteiger partial charge >= 0.3 is 0 Å². The standard InChI is InChI=1S/C12H17N3O4S/c1-2-19-11-4-3-9(6-14-11)7-15-8-10(5-12(15)16)20(13,17)18/h3-4,6,10H,2,5,7-8H2,1H3,(H2,13,17,18). The molecule has 2 rings (SSSR count). The molecule has 1 aromatic rings. The summed E-state index contributed by atoms with van der Waals surface area (Å²) in [7, 11) is -3.67. The van der Waals surface area contributed by atoms with Crippen molar-refractivity contribution in [2.24, 2.45) is 5.14 Å². The monoisotopic (exact) mass is 299 g/mol. The van der Waals surface area contributed by atoms with Crippen molar-refractivity contribution in [1.82, 2.24) is 9.88 Å². The fourth-order valence-electron chi connectivity index (χ4n) is 2.07. The molecule has 0 spiro atoms. The van der Waals surface area contributed by atoms with E-state index in [1.165, 1.54) is 4.90 Å². The van der Waals surface area contributed by atoms with E-state index >= 15 is 0 Å². The van der Waals surface area contributed by atoms with Crippen molar-refractivity contribution >= 4 is 15.9 Å². The number of hydrogen-bond donors (Lipinski definition) is 1. The SMILES string of the molecule is CCOc1ccc(CN2CC(S(N)(=O)=O)CC2=O)cn1. The van der Waals surface area contributed by atoms with Crippen molar-refractivity contribution in [2.75, 3.05) is 13.2 Å². The Balaban J connectivity index is 2.01. The molecule has 1 aromatic heterocycles. The van der Waals surface area contributed by atoms with Gasteiger partial charge in [0.15, 0.2) is 0 Å². The third-order valence-corrected chi connectivity index (χ3v) is 4.35. The molecule has 0 aliphatic carbocycles. The molecule has 1 atom stereocenters. The molecule has 0 bridgehead atoms. The molecular weight excluding hydrogens is 282 g/mol. The summed E-state index contributed by atoms with van der Waals surface area (Å²) in [4.78, 5) is 17.3. The smallest absolute Gasteiger partial charge is 0.224 e. The highest BCUT2D eigenvalue weighted by molar-refractivity contribution is 7.89. The molecule has 0 aromatic carbocycles. The number of rotatable bonds is 5. The van der Waals surface area contributed by atoms with Gasteiger partial charge in [0.2, 0.25) is 21.8 Å². The largest absolute Gasteiger partial charge is 0.478 e. The Morgan fingerprint density at radius 3 is 2.75 bits per heavy atom. The average molecular weight is 299 g/mol.